The molecule has 1 N–H and O–H groups in total. The van der Waals surface area contributed by atoms with Crippen LogP contribution in [0, 0.1) is 5.92 Å². The van der Waals surface area contributed by atoms with Crippen LogP contribution in [0.5, 0.6) is 0 Å². The fourth-order valence-corrected chi connectivity index (χ4v) is 1.77. The van der Waals surface area contributed by atoms with Crippen LogP contribution < -0.4 is 5.32 Å². The number of nitrogens with zero attached hydrogens (tertiary/aromatic N) is 1. The molecular formula is C9H13FN2O2. The van der Waals surface area contributed by atoms with Gasteiger partial charge in [0.05, 0.1) is 6.54 Å². The van der Waals surface area contributed by atoms with Crippen LogP contribution in [0.1, 0.15) is 12.8 Å². The minimum atomic E-state index is -0.587. The molecule has 2 amide bonds. The number of amides is 2. The van der Waals surface area contributed by atoms with Crippen LogP contribution in [-0.2, 0) is 9.59 Å². The normalized spacial score (nSPS) is 27.8. The first kappa shape index (κ1) is 9.43. The van der Waals surface area contributed by atoms with Gasteiger partial charge < -0.3 is 10.2 Å². The maximum absolute atomic E-state index is 12.1. The predicted octanol–water partition coefficient (Wildman–Crippen LogP) is -0.307. The van der Waals surface area contributed by atoms with E-state index in [-0.39, 0.29) is 36.9 Å². The van der Waals surface area contributed by atoms with Crippen molar-refractivity contribution in [1.82, 2.24) is 10.2 Å². The lowest BCUT2D eigenvalue weighted by atomic mass is 10.1. The number of carbonyl (C=O) groups excluding carboxylic acids is 2. The van der Waals surface area contributed by atoms with Crippen molar-refractivity contribution in [3.05, 3.63) is 0 Å². The van der Waals surface area contributed by atoms with Gasteiger partial charge >= 0.3 is 0 Å². The third kappa shape index (κ3) is 1.71. The molecule has 1 atom stereocenters. The Morgan fingerprint density at radius 1 is 1.43 bits per heavy atom. The summed E-state index contributed by atoms with van der Waals surface area (Å²) in [5.74, 6) is -0.00596. The summed E-state index contributed by atoms with van der Waals surface area (Å²) < 4.78 is 12.1. The zero-order chi connectivity index (χ0) is 10.1. The lowest BCUT2D eigenvalue weighted by Gasteiger charge is -2.31. The van der Waals surface area contributed by atoms with E-state index >= 15 is 0 Å². The molecule has 0 bridgehead atoms. The molecule has 0 aromatic carbocycles. The first-order valence-electron chi connectivity index (χ1n) is 4.86. The van der Waals surface area contributed by atoms with Gasteiger partial charge in [-0.05, 0) is 18.8 Å². The van der Waals surface area contributed by atoms with Gasteiger partial charge in [0.2, 0.25) is 11.8 Å². The fourth-order valence-electron chi connectivity index (χ4n) is 1.77. The van der Waals surface area contributed by atoms with E-state index in [0.29, 0.717) is 0 Å². The first-order valence-corrected chi connectivity index (χ1v) is 4.86. The summed E-state index contributed by atoms with van der Waals surface area (Å²) in [6, 6.07) is -0.386. The van der Waals surface area contributed by atoms with Crippen LogP contribution in [0.2, 0.25) is 0 Å². The standard InChI is InChI=1S/C9H13FN2O2/c10-3-4-12-5-7(13)11-8(9(12)14)6-1-2-6/h6,8H,1-5H2,(H,11,13). The molecule has 1 heterocycles. The molecule has 0 spiro atoms. The maximum atomic E-state index is 12.1. The van der Waals surface area contributed by atoms with E-state index in [2.05, 4.69) is 5.32 Å². The number of hydrogen-bond acceptors (Lipinski definition) is 2. The Balaban J connectivity index is 2.04. The summed E-state index contributed by atoms with van der Waals surface area (Å²) in [6.45, 7) is -0.544. The Bertz CT molecular complexity index is 266. The van der Waals surface area contributed by atoms with Gasteiger partial charge in [-0.3, -0.25) is 9.59 Å². The van der Waals surface area contributed by atoms with Crippen LogP contribution >= 0.6 is 0 Å². The molecule has 2 aliphatic rings. The highest BCUT2D eigenvalue weighted by Gasteiger charge is 2.42. The SMILES string of the molecule is O=C1CN(CCF)C(=O)C(C2CC2)N1. The second-order valence-corrected chi connectivity index (χ2v) is 3.83. The number of alkyl halides is 1. The Kier molecular flexibility index (Phi) is 2.39. The van der Waals surface area contributed by atoms with Crippen molar-refractivity contribution in [2.24, 2.45) is 5.92 Å². The smallest absolute Gasteiger partial charge is 0.245 e. The highest BCUT2D eigenvalue weighted by atomic mass is 19.1. The molecular weight excluding hydrogens is 187 g/mol. The number of carbonyl (C=O) groups is 2. The summed E-state index contributed by atoms with van der Waals surface area (Å²) in [5.41, 5.74) is 0. The van der Waals surface area contributed by atoms with E-state index in [9.17, 15) is 14.0 Å². The Morgan fingerprint density at radius 2 is 2.14 bits per heavy atom. The fraction of sp³-hybridized carbons (Fsp3) is 0.778. The lowest BCUT2D eigenvalue weighted by Crippen LogP contribution is -2.59. The number of rotatable bonds is 3. The van der Waals surface area contributed by atoms with Crippen LogP contribution in [-0.4, -0.2) is 42.5 Å². The van der Waals surface area contributed by atoms with Crippen LogP contribution in [0.15, 0.2) is 0 Å². The monoisotopic (exact) mass is 200 g/mol. The van der Waals surface area contributed by atoms with Crippen LogP contribution in [0.25, 0.3) is 0 Å². The van der Waals surface area contributed by atoms with Crippen molar-refractivity contribution in [3.63, 3.8) is 0 Å². The molecule has 1 unspecified atom stereocenters. The molecule has 1 saturated heterocycles. The Labute approximate surface area is 81.4 Å². The summed E-state index contributed by atoms with van der Waals surface area (Å²) in [7, 11) is 0. The average Bonchev–Trinajstić information content (AvgIpc) is 2.94. The minimum Gasteiger partial charge on any atom is -0.342 e. The van der Waals surface area contributed by atoms with Gasteiger partial charge in [-0.15, -0.1) is 0 Å². The summed E-state index contributed by atoms with van der Waals surface area (Å²) in [5, 5.41) is 2.66. The molecule has 1 aliphatic heterocycles. The molecule has 14 heavy (non-hydrogen) atoms. The van der Waals surface area contributed by atoms with Crippen molar-refractivity contribution in [1.29, 1.82) is 0 Å². The van der Waals surface area contributed by atoms with Crippen molar-refractivity contribution < 1.29 is 14.0 Å². The van der Waals surface area contributed by atoms with Gasteiger partial charge in [0.1, 0.15) is 12.7 Å². The van der Waals surface area contributed by atoms with Crippen molar-refractivity contribution >= 4 is 11.8 Å². The zero-order valence-corrected chi connectivity index (χ0v) is 7.83. The van der Waals surface area contributed by atoms with Crippen molar-refractivity contribution in [3.8, 4) is 0 Å². The molecule has 2 fully saturated rings. The highest BCUT2D eigenvalue weighted by Crippen LogP contribution is 2.34. The maximum Gasteiger partial charge on any atom is 0.245 e. The molecule has 2 rings (SSSR count). The molecule has 5 heteroatoms. The third-order valence-corrected chi connectivity index (χ3v) is 2.68. The number of halogens is 1. The van der Waals surface area contributed by atoms with Crippen LogP contribution in [0.3, 0.4) is 0 Å². The zero-order valence-electron chi connectivity index (χ0n) is 7.83. The van der Waals surface area contributed by atoms with Gasteiger partial charge in [-0.1, -0.05) is 0 Å². The van der Waals surface area contributed by atoms with Gasteiger partial charge in [-0.25, -0.2) is 4.39 Å². The second kappa shape index (κ2) is 3.55. The molecule has 4 nitrogen and oxygen atoms in total. The quantitative estimate of drug-likeness (QED) is 0.679. The van der Waals surface area contributed by atoms with Crippen molar-refractivity contribution in [2.45, 2.75) is 18.9 Å². The molecule has 78 valence electrons. The Morgan fingerprint density at radius 3 is 2.71 bits per heavy atom. The summed E-state index contributed by atoms with van der Waals surface area (Å²) in [6.07, 6.45) is 1.97. The van der Waals surface area contributed by atoms with Gasteiger partial charge in [0.15, 0.2) is 0 Å². The van der Waals surface area contributed by atoms with Crippen molar-refractivity contribution in [2.75, 3.05) is 19.8 Å². The number of hydrogen-bond donors (Lipinski definition) is 1. The van der Waals surface area contributed by atoms with Gasteiger partial charge in [0, 0.05) is 6.54 Å². The number of piperazine rings is 1. The van der Waals surface area contributed by atoms with E-state index in [1.54, 1.807) is 0 Å². The largest absolute Gasteiger partial charge is 0.342 e. The van der Waals surface area contributed by atoms with E-state index < -0.39 is 6.67 Å². The highest BCUT2D eigenvalue weighted by molar-refractivity contribution is 5.95. The van der Waals surface area contributed by atoms with E-state index in [0.717, 1.165) is 12.8 Å². The predicted molar refractivity (Wildman–Crippen MR) is 47.2 cm³/mol. The molecule has 1 saturated carbocycles. The summed E-state index contributed by atoms with van der Waals surface area (Å²) >= 11 is 0. The van der Waals surface area contributed by atoms with Crippen LogP contribution in [0.4, 0.5) is 4.39 Å². The minimum absolute atomic E-state index is 0.00593. The Hall–Kier alpha value is -1.13. The molecule has 0 aromatic heterocycles. The molecule has 0 aromatic rings. The first-order chi connectivity index (χ1) is 6.72. The van der Waals surface area contributed by atoms with E-state index in [1.165, 1.54) is 4.90 Å². The topological polar surface area (TPSA) is 49.4 Å². The third-order valence-electron chi connectivity index (χ3n) is 2.68. The summed E-state index contributed by atoms with van der Waals surface area (Å²) in [4.78, 5) is 24.2. The average molecular weight is 200 g/mol. The molecule has 1 aliphatic carbocycles. The second-order valence-electron chi connectivity index (χ2n) is 3.83. The lowest BCUT2D eigenvalue weighted by molar-refractivity contribution is -0.145. The van der Waals surface area contributed by atoms with Gasteiger partial charge in [0.25, 0.3) is 0 Å². The van der Waals surface area contributed by atoms with E-state index in [1.807, 2.05) is 0 Å². The van der Waals surface area contributed by atoms with Gasteiger partial charge in [-0.2, -0.15) is 0 Å². The van der Waals surface area contributed by atoms with E-state index in [4.69, 9.17) is 0 Å². The number of nitrogens with one attached hydrogen (secondary N) is 1. The molecule has 0 radical (unpaired) electrons.